The first-order valence-corrected chi connectivity index (χ1v) is 7.41. The van der Waals surface area contributed by atoms with Crippen molar-refractivity contribution in [2.45, 2.75) is 13.0 Å². The molecule has 23 heavy (non-hydrogen) atoms. The van der Waals surface area contributed by atoms with E-state index in [2.05, 4.69) is 5.32 Å². The number of ether oxygens (including phenoxy) is 1. The Hall–Kier alpha value is -2.53. The van der Waals surface area contributed by atoms with E-state index in [-0.39, 0.29) is 23.9 Å². The van der Waals surface area contributed by atoms with E-state index in [0.717, 1.165) is 5.56 Å². The fourth-order valence-electron chi connectivity index (χ4n) is 2.02. The number of anilines is 1. The van der Waals surface area contributed by atoms with Crippen LogP contribution in [0, 0.1) is 0 Å². The monoisotopic (exact) mass is 332 g/mol. The van der Waals surface area contributed by atoms with Gasteiger partial charge in [-0.1, -0.05) is 41.9 Å². The molecule has 0 aliphatic heterocycles. The number of hydrogen-bond donors (Lipinski definition) is 2. The first-order valence-electron chi connectivity index (χ1n) is 7.04. The summed E-state index contributed by atoms with van der Waals surface area (Å²) < 4.78 is 4.97. The number of amides is 1. The molecule has 0 fully saturated rings. The van der Waals surface area contributed by atoms with Crippen LogP contribution in [0.5, 0.6) is 0 Å². The standard InChI is InChI=1S/C17H17ClN2O3/c1-11(12-5-3-2-4-6-12)20-16(21)10-23-17(22)14-9-13(18)7-8-15(14)19/h2-9,11H,10,19H2,1H3,(H,20,21). The zero-order valence-corrected chi connectivity index (χ0v) is 13.3. The highest BCUT2D eigenvalue weighted by atomic mass is 35.5. The van der Waals surface area contributed by atoms with Crippen LogP contribution in [0.15, 0.2) is 48.5 Å². The van der Waals surface area contributed by atoms with Crippen LogP contribution in [0.4, 0.5) is 5.69 Å². The molecule has 1 amide bonds. The number of nitrogen functional groups attached to an aromatic ring is 1. The molecular formula is C17H17ClN2O3. The van der Waals surface area contributed by atoms with E-state index >= 15 is 0 Å². The average Bonchev–Trinajstić information content (AvgIpc) is 2.55. The van der Waals surface area contributed by atoms with Gasteiger partial charge in [0.15, 0.2) is 6.61 Å². The number of carbonyl (C=O) groups is 2. The average molecular weight is 333 g/mol. The highest BCUT2D eigenvalue weighted by Gasteiger charge is 2.15. The second-order valence-electron chi connectivity index (χ2n) is 5.01. The van der Waals surface area contributed by atoms with Crippen molar-refractivity contribution in [1.29, 1.82) is 0 Å². The quantitative estimate of drug-likeness (QED) is 0.651. The third-order valence-corrected chi connectivity index (χ3v) is 3.48. The molecule has 0 heterocycles. The van der Waals surface area contributed by atoms with Crippen LogP contribution in [0.1, 0.15) is 28.9 Å². The highest BCUT2D eigenvalue weighted by Crippen LogP contribution is 2.18. The second-order valence-corrected chi connectivity index (χ2v) is 5.44. The number of benzene rings is 2. The van der Waals surface area contributed by atoms with Crippen molar-refractivity contribution >= 4 is 29.2 Å². The maximum atomic E-state index is 11.9. The van der Waals surface area contributed by atoms with Gasteiger partial charge in [-0.2, -0.15) is 0 Å². The molecule has 0 bridgehead atoms. The highest BCUT2D eigenvalue weighted by molar-refractivity contribution is 6.31. The van der Waals surface area contributed by atoms with Crippen molar-refractivity contribution < 1.29 is 14.3 Å². The summed E-state index contributed by atoms with van der Waals surface area (Å²) in [5, 5.41) is 3.12. The fraction of sp³-hybridized carbons (Fsp3) is 0.176. The molecule has 0 saturated heterocycles. The molecule has 0 aliphatic rings. The van der Waals surface area contributed by atoms with Crippen LogP contribution in [0.25, 0.3) is 0 Å². The number of halogens is 1. The third-order valence-electron chi connectivity index (χ3n) is 3.25. The minimum Gasteiger partial charge on any atom is -0.452 e. The molecule has 0 radical (unpaired) electrons. The molecule has 1 unspecified atom stereocenters. The Kier molecular flexibility index (Phi) is 5.60. The number of rotatable bonds is 5. The van der Waals surface area contributed by atoms with Crippen LogP contribution in [-0.2, 0) is 9.53 Å². The maximum absolute atomic E-state index is 11.9. The Bertz CT molecular complexity index is 704. The van der Waals surface area contributed by atoms with E-state index < -0.39 is 11.9 Å². The lowest BCUT2D eigenvalue weighted by atomic mass is 10.1. The summed E-state index contributed by atoms with van der Waals surface area (Å²) in [5.74, 6) is -1.08. The Labute approximate surface area is 139 Å². The molecule has 2 aromatic carbocycles. The number of nitrogens with one attached hydrogen (secondary N) is 1. The normalized spacial score (nSPS) is 11.6. The van der Waals surface area contributed by atoms with Crippen LogP contribution >= 0.6 is 11.6 Å². The molecule has 0 aromatic heterocycles. The number of hydrogen-bond acceptors (Lipinski definition) is 4. The molecule has 0 aliphatic carbocycles. The minimum absolute atomic E-state index is 0.140. The molecule has 0 saturated carbocycles. The zero-order valence-electron chi connectivity index (χ0n) is 12.6. The van der Waals surface area contributed by atoms with Gasteiger partial charge in [0.25, 0.3) is 5.91 Å². The number of esters is 1. The van der Waals surface area contributed by atoms with Gasteiger partial charge >= 0.3 is 5.97 Å². The topological polar surface area (TPSA) is 81.4 Å². The van der Waals surface area contributed by atoms with Gasteiger partial charge in [-0.15, -0.1) is 0 Å². The first-order chi connectivity index (χ1) is 11.0. The van der Waals surface area contributed by atoms with Crippen LogP contribution in [0.2, 0.25) is 5.02 Å². The summed E-state index contributed by atoms with van der Waals surface area (Å²) in [5.41, 5.74) is 7.05. The third kappa shape index (κ3) is 4.72. The lowest BCUT2D eigenvalue weighted by Crippen LogP contribution is -2.31. The van der Waals surface area contributed by atoms with Gasteiger partial charge in [-0.05, 0) is 30.7 Å². The summed E-state index contributed by atoms with van der Waals surface area (Å²) in [6.07, 6.45) is 0. The molecule has 5 nitrogen and oxygen atoms in total. The van der Waals surface area contributed by atoms with Crippen molar-refractivity contribution in [3.8, 4) is 0 Å². The van der Waals surface area contributed by atoms with Gasteiger partial charge in [0, 0.05) is 10.7 Å². The van der Waals surface area contributed by atoms with Crippen molar-refractivity contribution in [2.75, 3.05) is 12.3 Å². The predicted octanol–water partition coefficient (Wildman–Crippen LogP) is 2.96. The molecule has 1 atom stereocenters. The van der Waals surface area contributed by atoms with Crippen molar-refractivity contribution in [3.63, 3.8) is 0 Å². The zero-order chi connectivity index (χ0) is 16.8. The first kappa shape index (κ1) is 16.8. The fourth-order valence-corrected chi connectivity index (χ4v) is 2.19. The van der Waals surface area contributed by atoms with E-state index in [1.165, 1.54) is 12.1 Å². The predicted molar refractivity (Wildman–Crippen MR) is 89.1 cm³/mol. The van der Waals surface area contributed by atoms with Gasteiger partial charge in [0.05, 0.1) is 11.6 Å². The smallest absolute Gasteiger partial charge is 0.340 e. The molecular weight excluding hydrogens is 316 g/mol. The summed E-state index contributed by atoms with van der Waals surface area (Å²) in [6.45, 7) is 1.46. The van der Waals surface area contributed by atoms with Crippen LogP contribution in [0.3, 0.4) is 0 Å². The van der Waals surface area contributed by atoms with E-state index in [4.69, 9.17) is 22.1 Å². The van der Waals surface area contributed by atoms with E-state index in [1.54, 1.807) is 6.07 Å². The molecule has 3 N–H and O–H groups in total. The Morgan fingerprint density at radius 1 is 1.22 bits per heavy atom. The molecule has 6 heteroatoms. The Morgan fingerprint density at radius 3 is 2.61 bits per heavy atom. The molecule has 120 valence electrons. The SMILES string of the molecule is CC(NC(=O)COC(=O)c1cc(Cl)ccc1N)c1ccccc1. The maximum Gasteiger partial charge on any atom is 0.340 e. The summed E-state index contributed by atoms with van der Waals surface area (Å²) in [4.78, 5) is 23.8. The van der Waals surface area contributed by atoms with Crippen molar-refractivity contribution in [3.05, 3.63) is 64.7 Å². The summed E-state index contributed by atoms with van der Waals surface area (Å²) in [6, 6.07) is 13.8. The van der Waals surface area contributed by atoms with Gasteiger partial charge in [-0.25, -0.2) is 4.79 Å². The Balaban J connectivity index is 1.89. The number of nitrogens with two attached hydrogens (primary N) is 1. The molecule has 0 spiro atoms. The lowest BCUT2D eigenvalue weighted by molar-refractivity contribution is -0.124. The van der Waals surface area contributed by atoms with Crippen molar-refractivity contribution in [1.82, 2.24) is 5.32 Å². The lowest BCUT2D eigenvalue weighted by Gasteiger charge is -2.14. The van der Waals surface area contributed by atoms with Gasteiger partial charge in [0.2, 0.25) is 0 Å². The minimum atomic E-state index is -0.687. The largest absolute Gasteiger partial charge is 0.452 e. The second kappa shape index (κ2) is 7.65. The van der Waals surface area contributed by atoms with Crippen LogP contribution < -0.4 is 11.1 Å². The van der Waals surface area contributed by atoms with Gasteiger partial charge < -0.3 is 15.8 Å². The van der Waals surface area contributed by atoms with E-state index in [9.17, 15) is 9.59 Å². The van der Waals surface area contributed by atoms with Crippen LogP contribution in [-0.4, -0.2) is 18.5 Å². The summed E-state index contributed by atoms with van der Waals surface area (Å²) in [7, 11) is 0. The Morgan fingerprint density at radius 2 is 1.91 bits per heavy atom. The molecule has 2 aromatic rings. The van der Waals surface area contributed by atoms with Gasteiger partial charge in [0.1, 0.15) is 0 Å². The number of carbonyl (C=O) groups excluding carboxylic acids is 2. The van der Waals surface area contributed by atoms with Gasteiger partial charge in [-0.3, -0.25) is 4.79 Å². The van der Waals surface area contributed by atoms with E-state index in [0.29, 0.717) is 5.02 Å². The molecule has 2 rings (SSSR count). The summed E-state index contributed by atoms with van der Waals surface area (Å²) >= 11 is 5.82. The van der Waals surface area contributed by atoms with E-state index in [1.807, 2.05) is 37.3 Å². The van der Waals surface area contributed by atoms with Crippen molar-refractivity contribution in [2.24, 2.45) is 0 Å².